The van der Waals surface area contributed by atoms with Gasteiger partial charge in [0, 0.05) is 28.6 Å². The molecule has 5 heteroatoms. The first-order valence-electron chi connectivity index (χ1n) is 8.39. The summed E-state index contributed by atoms with van der Waals surface area (Å²) in [6.07, 6.45) is -0.354. The normalized spacial score (nSPS) is 22.8. The number of hydrogen-bond acceptors (Lipinski definition) is 2. The van der Waals surface area contributed by atoms with Crippen LogP contribution in [0.2, 0.25) is 5.02 Å². The molecule has 2 aromatic rings. The van der Waals surface area contributed by atoms with Crippen molar-refractivity contribution < 1.29 is 13.6 Å². The van der Waals surface area contributed by atoms with Gasteiger partial charge in [-0.05, 0) is 37.8 Å². The molecule has 3 atom stereocenters. The maximum atomic E-state index is 14.9. The number of nitrogens with one attached hydrogen (secondary N) is 1. The van der Waals surface area contributed by atoms with E-state index in [1.54, 1.807) is 42.5 Å². The smallest absolute Gasteiger partial charge is 0.154 e. The molecule has 1 aliphatic carbocycles. The van der Waals surface area contributed by atoms with Crippen LogP contribution in [0.4, 0.5) is 14.5 Å². The molecule has 132 valence electrons. The molecule has 0 amide bonds. The molecule has 0 saturated heterocycles. The Balaban J connectivity index is 1.79. The number of rotatable bonds is 5. The molecule has 1 N–H and O–H groups in total. The van der Waals surface area contributed by atoms with Crippen molar-refractivity contribution in [1.29, 1.82) is 0 Å². The minimum Gasteiger partial charge on any atom is -0.382 e. The molecule has 1 saturated carbocycles. The summed E-state index contributed by atoms with van der Waals surface area (Å²) in [7, 11) is 0. The van der Waals surface area contributed by atoms with E-state index in [9.17, 15) is 13.6 Å². The average Bonchev–Trinajstić information content (AvgIpc) is 2.96. The molecule has 25 heavy (non-hydrogen) atoms. The summed E-state index contributed by atoms with van der Waals surface area (Å²) in [5, 5.41) is 3.53. The number of benzene rings is 2. The molecule has 0 aromatic heterocycles. The van der Waals surface area contributed by atoms with Crippen LogP contribution in [0.5, 0.6) is 0 Å². The lowest BCUT2D eigenvalue weighted by Crippen LogP contribution is -2.23. The van der Waals surface area contributed by atoms with Crippen LogP contribution in [0.1, 0.15) is 19.8 Å². The van der Waals surface area contributed by atoms with Crippen molar-refractivity contribution in [3.05, 3.63) is 53.3 Å². The van der Waals surface area contributed by atoms with Crippen LogP contribution in [0.3, 0.4) is 0 Å². The maximum absolute atomic E-state index is 14.9. The average molecular weight is 364 g/mol. The number of ketones is 1. The number of alkyl halides is 1. The van der Waals surface area contributed by atoms with Gasteiger partial charge in [0.25, 0.3) is 0 Å². The first-order chi connectivity index (χ1) is 12.0. The summed E-state index contributed by atoms with van der Waals surface area (Å²) >= 11 is 6.17. The van der Waals surface area contributed by atoms with Crippen molar-refractivity contribution >= 4 is 23.1 Å². The largest absolute Gasteiger partial charge is 0.382 e. The zero-order chi connectivity index (χ0) is 18.0. The number of halogens is 3. The Morgan fingerprint density at radius 3 is 2.60 bits per heavy atom. The van der Waals surface area contributed by atoms with Gasteiger partial charge < -0.3 is 5.32 Å². The molecule has 0 heterocycles. The van der Waals surface area contributed by atoms with Gasteiger partial charge in [0.05, 0.1) is 5.69 Å². The van der Waals surface area contributed by atoms with Crippen molar-refractivity contribution in [2.75, 3.05) is 11.9 Å². The summed E-state index contributed by atoms with van der Waals surface area (Å²) in [6, 6.07) is 12.1. The fourth-order valence-corrected chi connectivity index (χ4v) is 3.82. The van der Waals surface area contributed by atoms with E-state index in [4.69, 9.17) is 11.6 Å². The lowest BCUT2D eigenvalue weighted by Gasteiger charge is -2.19. The van der Waals surface area contributed by atoms with Crippen LogP contribution < -0.4 is 5.32 Å². The first-order valence-corrected chi connectivity index (χ1v) is 8.77. The molecule has 0 bridgehead atoms. The van der Waals surface area contributed by atoms with Gasteiger partial charge in [0.1, 0.15) is 12.0 Å². The Morgan fingerprint density at radius 2 is 1.88 bits per heavy atom. The Bertz CT molecular complexity index is 780. The second kappa shape index (κ2) is 7.52. The molecule has 0 spiro atoms. The predicted molar refractivity (Wildman–Crippen MR) is 97.1 cm³/mol. The molecule has 1 unspecified atom stereocenters. The zero-order valence-corrected chi connectivity index (χ0v) is 14.7. The minimum absolute atomic E-state index is 0.00256. The van der Waals surface area contributed by atoms with Crippen LogP contribution in [-0.4, -0.2) is 18.5 Å². The number of anilines is 1. The predicted octanol–water partition coefficient (Wildman–Crippen LogP) is 5.51. The standard InChI is InChI=1S/C20H20ClF2NO/c1-12(25)17-10-14(22)9-13(17)11-24-19-8-4-6-16(20(19)23)15-5-2-3-7-18(15)21/h2-8,13-14,17,24H,9-11H2,1H3/t13?,14-,17+/m1/s1. The highest BCUT2D eigenvalue weighted by molar-refractivity contribution is 6.33. The molecule has 3 rings (SSSR count). The van der Waals surface area contributed by atoms with E-state index < -0.39 is 12.0 Å². The van der Waals surface area contributed by atoms with Crippen molar-refractivity contribution in [2.45, 2.75) is 25.9 Å². The van der Waals surface area contributed by atoms with Crippen LogP contribution in [-0.2, 0) is 4.79 Å². The molecule has 0 aliphatic heterocycles. The number of carbonyl (C=O) groups excluding carboxylic acids is 1. The molecule has 0 radical (unpaired) electrons. The van der Waals surface area contributed by atoms with E-state index in [0.717, 1.165) is 0 Å². The quantitative estimate of drug-likeness (QED) is 0.758. The molecule has 1 fully saturated rings. The highest BCUT2D eigenvalue weighted by Crippen LogP contribution is 2.36. The second-order valence-electron chi connectivity index (χ2n) is 6.57. The lowest BCUT2D eigenvalue weighted by atomic mass is 9.92. The van der Waals surface area contributed by atoms with Gasteiger partial charge in [0.15, 0.2) is 5.82 Å². The van der Waals surface area contributed by atoms with Gasteiger partial charge in [-0.25, -0.2) is 8.78 Å². The fraction of sp³-hybridized carbons (Fsp3) is 0.350. The van der Waals surface area contributed by atoms with Crippen LogP contribution >= 0.6 is 11.6 Å². The Hall–Kier alpha value is -1.94. The molecule has 2 aromatic carbocycles. The molecule has 1 aliphatic rings. The summed E-state index contributed by atoms with van der Waals surface area (Å²) in [5.74, 6) is -0.810. The second-order valence-corrected chi connectivity index (χ2v) is 6.98. The summed E-state index contributed by atoms with van der Waals surface area (Å²) in [6.45, 7) is 1.86. The van der Waals surface area contributed by atoms with Crippen LogP contribution in [0.25, 0.3) is 11.1 Å². The monoisotopic (exact) mass is 363 g/mol. The van der Waals surface area contributed by atoms with Gasteiger partial charge in [0.2, 0.25) is 0 Å². The van der Waals surface area contributed by atoms with Crippen molar-refractivity contribution in [3.63, 3.8) is 0 Å². The minimum atomic E-state index is -0.958. The Kier molecular flexibility index (Phi) is 5.38. The third kappa shape index (κ3) is 3.84. The van der Waals surface area contributed by atoms with E-state index in [-0.39, 0.29) is 24.0 Å². The lowest BCUT2D eigenvalue weighted by molar-refractivity contribution is -0.121. The number of carbonyl (C=O) groups is 1. The first kappa shape index (κ1) is 17.9. The third-order valence-corrected chi connectivity index (χ3v) is 5.21. The van der Waals surface area contributed by atoms with Crippen LogP contribution in [0, 0.1) is 17.7 Å². The third-order valence-electron chi connectivity index (χ3n) is 4.88. The number of hydrogen-bond donors (Lipinski definition) is 1. The number of Topliss-reactive ketones (excluding diaryl/α,β-unsaturated/α-hetero) is 1. The van der Waals surface area contributed by atoms with Gasteiger partial charge >= 0.3 is 0 Å². The van der Waals surface area contributed by atoms with Crippen LogP contribution in [0.15, 0.2) is 42.5 Å². The van der Waals surface area contributed by atoms with Crippen molar-refractivity contribution in [2.24, 2.45) is 11.8 Å². The maximum Gasteiger partial charge on any atom is 0.154 e. The van der Waals surface area contributed by atoms with Crippen molar-refractivity contribution in [1.82, 2.24) is 0 Å². The van der Waals surface area contributed by atoms with Gasteiger partial charge in [-0.3, -0.25) is 4.79 Å². The van der Waals surface area contributed by atoms with E-state index in [1.807, 2.05) is 0 Å². The highest BCUT2D eigenvalue weighted by Gasteiger charge is 2.36. The SMILES string of the molecule is CC(=O)[C@@H]1C[C@H](F)CC1CNc1cccc(-c2ccccc2Cl)c1F. The summed E-state index contributed by atoms with van der Waals surface area (Å²) in [5.41, 5.74) is 1.37. The Morgan fingerprint density at radius 1 is 1.16 bits per heavy atom. The fourth-order valence-electron chi connectivity index (χ4n) is 3.58. The van der Waals surface area contributed by atoms with E-state index in [0.29, 0.717) is 34.8 Å². The Labute approximate surface area is 151 Å². The summed E-state index contributed by atoms with van der Waals surface area (Å²) < 4.78 is 28.5. The molecule has 2 nitrogen and oxygen atoms in total. The topological polar surface area (TPSA) is 29.1 Å². The van der Waals surface area contributed by atoms with Gasteiger partial charge in [-0.2, -0.15) is 0 Å². The summed E-state index contributed by atoms with van der Waals surface area (Å²) in [4.78, 5) is 11.7. The van der Waals surface area contributed by atoms with Crippen molar-refractivity contribution in [3.8, 4) is 11.1 Å². The van der Waals surface area contributed by atoms with E-state index >= 15 is 0 Å². The van der Waals surface area contributed by atoms with E-state index in [1.165, 1.54) is 6.92 Å². The zero-order valence-electron chi connectivity index (χ0n) is 13.9. The van der Waals surface area contributed by atoms with Gasteiger partial charge in [-0.1, -0.05) is 41.9 Å². The van der Waals surface area contributed by atoms with E-state index in [2.05, 4.69) is 5.32 Å². The highest BCUT2D eigenvalue weighted by atomic mass is 35.5. The molecular weight excluding hydrogens is 344 g/mol. The molecular formula is C20H20ClF2NO. The van der Waals surface area contributed by atoms with Gasteiger partial charge in [-0.15, -0.1) is 0 Å².